The van der Waals surface area contributed by atoms with Gasteiger partial charge in [-0.05, 0) is 79.9 Å². The lowest BCUT2D eigenvalue weighted by molar-refractivity contribution is 0.102. The summed E-state index contributed by atoms with van der Waals surface area (Å²) in [5.41, 5.74) is 2.51. The first kappa shape index (κ1) is 18.9. The quantitative estimate of drug-likeness (QED) is 0.665. The van der Waals surface area contributed by atoms with Crippen molar-refractivity contribution in [3.8, 4) is 0 Å². The normalized spacial score (nSPS) is 13.8. The number of carbonyl (C=O) groups is 1. The van der Waals surface area contributed by atoms with Crippen molar-refractivity contribution in [3.63, 3.8) is 0 Å². The lowest BCUT2D eigenvalue weighted by Gasteiger charge is -2.28. The zero-order valence-corrected chi connectivity index (χ0v) is 15.9. The molecule has 0 saturated carbocycles. The molecule has 0 bridgehead atoms. The summed E-state index contributed by atoms with van der Waals surface area (Å²) in [6.45, 7) is 2.23. The number of amides is 1. The number of rotatable bonds is 5. The van der Waals surface area contributed by atoms with Gasteiger partial charge in [0.1, 0.15) is 5.82 Å². The molecule has 1 amide bonds. The summed E-state index contributed by atoms with van der Waals surface area (Å²) in [5, 5.41) is 14.0. The van der Waals surface area contributed by atoms with Crippen molar-refractivity contribution in [1.82, 2.24) is 10.2 Å². The highest BCUT2D eigenvalue weighted by Crippen LogP contribution is 2.23. The fourth-order valence-corrected chi connectivity index (χ4v) is 3.31. The van der Waals surface area contributed by atoms with E-state index in [2.05, 4.69) is 37.9 Å². The van der Waals surface area contributed by atoms with Crippen LogP contribution in [-0.4, -0.2) is 29.2 Å². The van der Waals surface area contributed by atoms with Gasteiger partial charge in [0.15, 0.2) is 11.6 Å². The Bertz CT molecular complexity index is 952. The Labute approximate surface area is 168 Å². The van der Waals surface area contributed by atoms with Crippen LogP contribution in [0, 0.1) is 5.82 Å². The van der Waals surface area contributed by atoms with E-state index in [1.165, 1.54) is 49.2 Å². The molecule has 0 aliphatic carbocycles. The Kier molecular flexibility index (Phi) is 5.65. The van der Waals surface area contributed by atoms with Gasteiger partial charge in [-0.15, -0.1) is 10.2 Å². The van der Waals surface area contributed by atoms with Gasteiger partial charge in [-0.2, -0.15) is 0 Å². The monoisotopic (exact) mass is 391 g/mol. The van der Waals surface area contributed by atoms with Crippen molar-refractivity contribution in [2.24, 2.45) is 0 Å². The Balaban J connectivity index is 1.35. The number of aromatic nitrogens is 2. The van der Waals surface area contributed by atoms with Crippen molar-refractivity contribution < 1.29 is 9.18 Å². The minimum atomic E-state index is -0.388. The number of hydrogen-bond donors (Lipinski definition) is 2. The highest BCUT2D eigenvalue weighted by Gasteiger charge is 2.11. The van der Waals surface area contributed by atoms with Crippen molar-refractivity contribution in [1.29, 1.82) is 0 Å². The first-order chi connectivity index (χ1) is 14.2. The van der Waals surface area contributed by atoms with Crippen LogP contribution in [-0.2, 0) is 0 Å². The maximum Gasteiger partial charge on any atom is 0.256 e. The highest BCUT2D eigenvalue weighted by molar-refractivity contribution is 6.03. The average Bonchev–Trinajstić information content (AvgIpc) is 2.77. The average molecular weight is 391 g/mol. The molecule has 1 saturated heterocycles. The van der Waals surface area contributed by atoms with Crippen molar-refractivity contribution in [2.75, 3.05) is 28.6 Å². The van der Waals surface area contributed by atoms with Crippen LogP contribution in [0.1, 0.15) is 29.6 Å². The van der Waals surface area contributed by atoms with E-state index in [1.807, 2.05) is 12.1 Å². The molecule has 6 nitrogen and oxygen atoms in total. The van der Waals surface area contributed by atoms with E-state index < -0.39 is 0 Å². The Morgan fingerprint density at radius 1 is 0.828 bits per heavy atom. The zero-order valence-electron chi connectivity index (χ0n) is 15.9. The van der Waals surface area contributed by atoms with E-state index in [0.717, 1.165) is 18.8 Å². The predicted molar refractivity (Wildman–Crippen MR) is 112 cm³/mol. The number of nitrogens with zero attached hydrogens (tertiary/aromatic N) is 3. The molecule has 0 spiro atoms. The standard InChI is InChI=1S/C22H22FN5O/c23-17-6-4-16(5-7-17)22(29)25-21-13-12-20(26-27-21)24-18-8-10-19(11-9-18)28-14-2-1-3-15-28/h4-13H,1-3,14-15H2,(H,24,26)(H,25,27,29). The largest absolute Gasteiger partial charge is 0.372 e. The topological polar surface area (TPSA) is 70.2 Å². The molecule has 1 fully saturated rings. The first-order valence-corrected chi connectivity index (χ1v) is 9.70. The molecule has 0 radical (unpaired) electrons. The summed E-state index contributed by atoms with van der Waals surface area (Å²) in [6.07, 6.45) is 3.81. The zero-order chi connectivity index (χ0) is 20.1. The second-order valence-electron chi connectivity index (χ2n) is 6.98. The molecule has 2 N–H and O–H groups in total. The number of benzene rings is 2. The number of carbonyl (C=O) groups excluding carboxylic acids is 1. The van der Waals surface area contributed by atoms with E-state index in [9.17, 15) is 9.18 Å². The number of anilines is 4. The molecule has 1 aliphatic rings. The Hall–Kier alpha value is -3.48. The molecule has 0 unspecified atom stereocenters. The van der Waals surface area contributed by atoms with Crippen LogP contribution in [0.2, 0.25) is 0 Å². The van der Waals surface area contributed by atoms with Gasteiger partial charge >= 0.3 is 0 Å². The van der Waals surface area contributed by atoms with Gasteiger partial charge in [0, 0.05) is 30.0 Å². The molecular weight excluding hydrogens is 369 g/mol. The van der Waals surface area contributed by atoms with Gasteiger partial charge in [0.2, 0.25) is 0 Å². The Morgan fingerprint density at radius 3 is 2.14 bits per heavy atom. The van der Waals surface area contributed by atoms with Crippen LogP contribution in [0.25, 0.3) is 0 Å². The lowest BCUT2D eigenvalue weighted by Crippen LogP contribution is -2.29. The van der Waals surface area contributed by atoms with Crippen LogP contribution < -0.4 is 15.5 Å². The van der Waals surface area contributed by atoms with Gasteiger partial charge in [-0.3, -0.25) is 4.79 Å². The minimum absolute atomic E-state index is 0.324. The van der Waals surface area contributed by atoms with Gasteiger partial charge in [-0.1, -0.05) is 0 Å². The van der Waals surface area contributed by atoms with Gasteiger partial charge < -0.3 is 15.5 Å². The molecule has 29 heavy (non-hydrogen) atoms. The number of piperidine rings is 1. The van der Waals surface area contributed by atoms with Crippen molar-refractivity contribution in [3.05, 3.63) is 72.0 Å². The second kappa shape index (κ2) is 8.68. The van der Waals surface area contributed by atoms with E-state index in [1.54, 1.807) is 12.1 Å². The summed E-state index contributed by atoms with van der Waals surface area (Å²) in [7, 11) is 0. The van der Waals surface area contributed by atoms with E-state index >= 15 is 0 Å². The maximum absolute atomic E-state index is 13.0. The molecule has 7 heteroatoms. The second-order valence-corrected chi connectivity index (χ2v) is 6.98. The number of halogens is 1. The fourth-order valence-electron chi connectivity index (χ4n) is 3.31. The third-order valence-corrected chi connectivity index (χ3v) is 4.87. The maximum atomic E-state index is 13.0. The van der Waals surface area contributed by atoms with E-state index in [0.29, 0.717) is 17.2 Å². The van der Waals surface area contributed by atoms with Gasteiger partial charge in [0.05, 0.1) is 0 Å². The fraction of sp³-hybridized carbons (Fsp3) is 0.227. The predicted octanol–water partition coefficient (Wildman–Crippen LogP) is 4.60. The molecule has 148 valence electrons. The first-order valence-electron chi connectivity index (χ1n) is 9.70. The van der Waals surface area contributed by atoms with Gasteiger partial charge in [0.25, 0.3) is 5.91 Å². The Morgan fingerprint density at radius 2 is 1.48 bits per heavy atom. The SMILES string of the molecule is O=C(Nc1ccc(Nc2ccc(N3CCCCC3)cc2)nn1)c1ccc(F)cc1. The summed E-state index contributed by atoms with van der Waals surface area (Å²) in [5.74, 6) is 0.148. The molecular formula is C22H22FN5O. The third-order valence-electron chi connectivity index (χ3n) is 4.87. The molecule has 1 aromatic heterocycles. The van der Waals surface area contributed by atoms with Crippen LogP contribution in [0.3, 0.4) is 0 Å². The van der Waals surface area contributed by atoms with Gasteiger partial charge in [-0.25, -0.2) is 4.39 Å². The molecule has 3 aromatic rings. The highest BCUT2D eigenvalue weighted by atomic mass is 19.1. The minimum Gasteiger partial charge on any atom is -0.372 e. The van der Waals surface area contributed by atoms with Crippen LogP contribution >= 0.6 is 0 Å². The molecule has 2 heterocycles. The summed E-state index contributed by atoms with van der Waals surface area (Å²) < 4.78 is 13.0. The molecule has 4 rings (SSSR count). The van der Waals surface area contributed by atoms with Crippen LogP contribution in [0.4, 0.5) is 27.4 Å². The lowest BCUT2D eigenvalue weighted by atomic mass is 10.1. The molecule has 1 aliphatic heterocycles. The van der Waals surface area contributed by atoms with Crippen molar-refractivity contribution in [2.45, 2.75) is 19.3 Å². The summed E-state index contributed by atoms with van der Waals surface area (Å²) >= 11 is 0. The van der Waals surface area contributed by atoms with Crippen LogP contribution in [0.15, 0.2) is 60.7 Å². The number of hydrogen-bond acceptors (Lipinski definition) is 5. The van der Waals surface area contributed by atoms with E-state index in [4.69, 9.17) is 0 Å². The molecule has 2 aromatic carbocycles. The van der Waals surface area contributed by atoms with E-state index in [-0.39, 0.29) is 11.7 Å². The van der Waals surface area contributed by atoms with Crippen LogP contribution in [0.5, 0.6) is 0 Å². The number of nitrogens with one attached hydrogen (secondary N) is 2. The summed E-state index contributed by atoms with van der Waals surface area (Å²) in [4.78, 5) is 14.6. The van der Waals surface area contributed by atoms with Crippen molar-refractivity contribution >= 4 is 28.9 Å². The molecule has 0 atom stereocenters. The third kappa shape index (κ3) is 4.87. The smallest absolute Gasteiger partial charge is 0.256 e. The summed E-state index contributed by atoms with van der Waals surface area (Å²) in [6, 6.07) is 17.0.